The van der Waals surface area contributed by atoms with E-state index in [0.717, 1.165) is 65.5 Å². The van der Waals surface area contributed by atoms with Gasteiger partial charge in [-0.1, -0.05) is 18.7 Å². The molecule has 0 radical (unpaired) electrons. The molecule has 1 saturated heterocycles. The summed E-state index contributed by atoms with van der Waals surface area (Å²) >= 11 is 1.61. The van der Waals surface area contributed by atoms with Gasteiger partial charge in [-0.2, -0.15) is 0 Å². The summed E-state index contributed by atoms with van der Waals surface area (Å²) in [5.41, 5.74) is 3.94. The van der Waals surface area contributed by atoms with Gasteiger partial charge in [0, 0.05) is 47.4 Å². The summed E-state index contributed by atoms with van der Waals surface area (Å²) in [7, 11) is 2.18. The molecule has 0 aliphatic carbocycles. The van der Waals surface area contributed by atoms with Gasteiger partial charge in [0.25, 0.3) is 0 Å². The molecule has 32 heavy (non-hydrogen) atoms. The van der Waals surface area contributed by atoms with Crippen molar-refractivity contribution in [2.45, 2.75) is 13.5 Å². The Kier molecular flexibility index (Phi) is 7.06. The van der Waals surface area contributed by atoms with Crippen LogP contribution in [0.1, 0.15) is 10.4 Å². The van der Waals surface area contributed by atoms with Crippen molar-refractivity contribution in [1.82, 2.24) is 14.9 Å². The van der Waals surface area contributed by atoms with Crippen LogP contribution in [0, 0.1) is 6.92 Å². The lowest BCUT2D eigenvalue weighted by molar-refractivity contribution is -0.918. The average Bonchev–Trinajstić information content (AvgIpc) is 3.19. The maximum atomic E-state index is 11.8. The fourth-order valence-corrected chi connectivity index (χ4v) is 4.51. The molecule has 1 fully saturated rings. The Morgan fingerprint density at radius 1 is 1.31 bits per heavy atom. The Hall–Kier alpha value is -2.91. The largest absolute Gasteiger partial charge is 0.339 e. The highest BCUT2D eigenvalue weighted by Crippen LogP contribution is 2.26. The van der Waals surface area contributed by atoms with Crippen LogP contribution in [0.15, 0.2) is 55.3 Å². The van der Waals surface area contributed by atoms with Gasteiger partial charge in [0.1, 0.15) is 18.1 Å². The number of carbonyl (C=O) groups excluding carboxylic acids is 1. The number of aromatic nitrogens is 2. The second-order valence-electron chi connectivity index (χ2n) is 8.25. The molecule has 0 unspecified atom stereocenters. The number of likely N-dealkylation sites (N-methyl/N-ethyl adjacent to an activating group) is 1. The number of rotatable bonds is 7. The lowest BCUT2D eigenvalue weighted by atomic mass is 10.1. The zero-order chi connectivity index (χ0) is 22.5. The number of anilines is 2. The first-order chi connectivity index (χ1) is 15.5. The maximum absolute atomic E-state index is 11.8. The highest BCUT2D eigenvalue weighted by atomic mass is 32.1. The number of nitrogens with two attached hydrogens (primary N) is 1. The maximum Gasteiger partial charge on any atom is 0.339 e. The number of thiazole rings is 1. The van der Waals surface area contributed by atoms with E-state index >= 15 is 0 Å². The van der Waals surface area contributed by atoms with Gasteiger partial charge in [0.15, 0.2) is 5.13 Å². The summed E-state index contributed by atoms with van der Waals surface area (Å²) in [5.74, 6) is 0.681. The highest BCUT2D eigenvalue weighted by molar-refractivity contribution is 7.15. The average molecular weight is 451 g/mol. The molecule has 0 spiro atoms. The van der Waals surface area contributed by atoms with E-state index in [-0.39, 0.29) is 5.91 Å². The molecule has 7 nitrogen and oxygen atoms in total. The van der Waals surface area contributed by atoms with Crippen LogP contribution < -0.4 is 15.5 Å². The first kappa shape index (κ1) is 22.3. The summed E-state index contributed by atoms with van der Waals surface area (Å²) < 4.78 is 0. The minimum Gasteiger partial charge on any atom is -0.329 e. The van der Waals surface area contributed by atoms with E-state index in [1.54, 1.807) is 21.6 Å². The van der Waals surface area contributed by atoms with Crippen molar-refractivity contribution < 1.29 is 15.0 Å². The van der Waals surface area contributed by atoms with E-state index in [2.05, 4.69) is 41.0 Å². The number of aryl methyl sites for hydroxylation is 1. The predicted molar refractivity (Wildman–Crippen MR) is 128 cm³/mol. The number of pyridine rings is 1. The van der Waals surface area contributed by atoms with Gasteiger partial charge in [0.05, 0.1) is 18.8 Å². The SMILES string of the molecule is C=CC(=O)[NH2+]c1cccc(-c2cc(C[NH+]3CCN(C)CC3)cc(Nc3ncc(C)s3)n2)c1. The van der Waals surface area contributed by atoms with Crippen molar-refractivity contribution in [2.75, 3.05) is 38.5 Å². The molecule has 1 aromatic carbocycles. The molecule has 0 saturated carbocycles. The van der Waals surface area contributed by atoms with E-state index in [9.17, 15) is 4.79 Å². The molecular weight excluding hydrogens is 420 g/mol. The van der Waals surface area contributed by atoms with Crippen LogP contribution in [-0.2, 0) is 11.3 Å². The van der Waals surface area contributed by atoms with Gasteiger partial charge in [-0.05, 0) is 32.2 Å². The van der Waals surface area contributed by atoms with Crippen molar-refractivity contribution in [3.05, 3.63) is 65.7 Å². The normalized spacial score (nSPS) is 14.9. The minimum atomic E-state index is -0.107. The van der Waals surface area contributed by atoms with Crippen LogP contribution in [0.2, 0.25) is 0 Å². The topological polar surface area (TPSA) is 79.2 Å². The molecule has 166 valence electrons. The number of hydrogen-bond donors (Lipinski definition) is 3. The number of quaternary nitrogens is 2. The van der Waals surface area contributed by atoms with Gasteiger partial charge in [0.2, 0.25) is 0 Å². The van der Waals surface area contributed by atoms with Crippen molar-refractivity contribution >= 4 is 33.9 Å². The van der Waals surface area contributed by atoms with Crippen molar-refractivity contribution in [1.29, 1.82) is 0 Å². The smallest absolute Gasteiger partial charge is 0.329 e. The minimum absolute atomic E-state index is 0.107. The second-order valence-corrected chi connectivity index (χ2v) is 9.49. The number of piperazine rings is 1. The lowest BCUT2D eigenvalue weighted by Crippen LogP contribution is -3.13. The summed E-state index contributed by atoms with van der Waals surface area (Å²) in [6, 6.07) is 12.2. The molecule has 0 atom stereocenters. The predicted octanol–water partition coefficient (Wildman–Crippen LogP) is 1.49. The molecule has 1 aliphatic rings. The number of nitrogens with one attached hydrogen (secondary N) is 2. The summed E-state index contributed by atoms with van der Waals surface area (Å²) in [4.78, 5) is 26.2. The molecule has 3 heterocycles. The molecule has 8 heteroatoms. The molecule has 1 aliphatic heterocycles. The molecule has 4 rings (SSSR count). The van der Waals surface area contributed by atoms with E-state index < -0.39 is 0 Å². The van der Waals surface area contributed by atoms with E-state index in [0.29, 0.717) is 0 Å². The quantitative estimate of drug-likeness (QED) is 0.376. The number of carbonyl (C=O) groups is 1. The lowest BCUT2D eigenvalue weighted by Gasteiger charge is -2.29. The van der Waals surface area contributed by atoms with Gasteiger partial charge < -0.3 is 10.2 Å². The Morgan fingerprint density at radius 3 is 2.84 bits per heavy atom. The summed E-state index contributed by atoms with van der Waals surface area (Å²) in [6.45, 7) is 11.1. The van der Waals surface area contributed by atoms with Crippen LogP contribution in [-0.4, -0.2) is 54.0 Å². The van der Waals surface area contributed by atoms with Crippen LogP contribution in [0.5, 0.6) is 0 Å². The van der Waals surface area contributed by atoms with E-state index in [1.165, 1.54) is 11.6 Å². The number of benzene rings is 1. The Morgan fingerprint density at radius 2 is 2.12 bits per heavy atom. The third kappa shape index (κ3) is 5.86. The first-order valence-electron chi connectivity index (χ1n) is 10.8. The highest BCUT2D eigenvalue weighted by Gasteiger charge is 2.19. The van der Waals surface area contributed by atoms with Gasteiger partial charge in [-0.15, -0.1) is 11.3 Å². The number of primary amides is 1. The number of amides is 1. The first-order valence-corrected chi connectivity index (χ1v) is 11.6. The fourth-order valence-electron chi connectivity index (χ4n) is 3.83. The van der Waals surface area contributed by atoms with Gasteiger partial charge in [-0.3, -0.25) is 4.90 Å². The zero-order valence-electron chi connectivity index (χ0n) is 18.6. The third-order valence-corrected chi connectivity index (χ3v) is 6.41. The van der Waals surface area contributed by atoms with Crippen molar-refractivity contribution in [3.63, 3.8) is 0 Å². The molecule has 4 N–H and O–H groups in total. The van der Waals surface area contributed by atoms with Crippen molar-refractivity contribution in [3.8, 4) is 11.3 Å². The van der Waals surface area contributed by atoms with Gasteiger partial charge >= 0.3 is 5.91 Å². The number of hydrogen-bond acceptors (Lipinski definition) is 6. The van der Waals surface area contributed by atoms with Crippen LogP contribution in [0.25, 0.3) is 11.3 Å². The molecular formula is C24H30N6OS+2. The zero-order valence-corrected chi connectivity index (χ0v) is 19.4. The summed E-state index contributed by atoms with van der Waals surface area (Å²) in [6.07, 6.45) is 3.18. The molecule has 0 bridgehead atoms. The molecule has 3 aromatic rings. The fraction of sp³-hybridized carbons (Fsp3) is 0.292. The summed E-state index contributed by atoms with van der Waals surface area (Å²) in [5, 5.41) is 5.81. The Labute approximate surface area is 192 Å². The number of nitrogens with zero attached hydrogens (tertiary/aromatic N) is 3. The Bertz CT molecular complexity index is 1100. The monoisotopic (exact) mass is 450 g/mol. The van der Waals surface area contributed by atoms with Crippen LogP contribution >= 0.6 is 11.3 Å². The van der Waals surface area contributed by atoms with E-state index in [4.69, 9.17) is 4.98 Å². The van der Waals surface area contributed by atoms with E-state index in [1.807, 2.05) is 37.4 Å². The third-order valence-electron chi connectivity index (χ3n) is 5.58. The van der Waals surface area contributed by atoms with Crippen molar-refractivity contribution in [2.24, 2.45) is 0 Å². The molecule has 2 aromatic heterocycles. The standard InChI is InChI=1S/C24H28N6OS/c1-4-23(31)26-20-7-5-6-19(14-20)21-12-18(16-30-10-8-29(3)9-11-30)13-22(27-21)28-24-25-15-17(2)32-24/h4-7,12-15H,1,8-11,16H2,2-3H3,(H,26,31)(H,25,27,28)/p+2. The second kappa shape index (κ2) is 10.1. The van der Waals surface area contributed by atoms with Gasteiger partial charge in [-0.25, -0.2) is 20.1 Å². The van der Waals surface area contributed by atoms with Crippen LogP contribution in [0.4, 0.5) is 16.6 Å². The van der Waals surface area contributed by atoms with Crippen LogP contribution in [0.3, 0.4) is 0 Å². The Balaban J connectivity index is 1.64. The molecule has 1 amide bonds.